The first-order valence-electron chi connectivity index (χ1n) is 10.8. The minimum atomic E-state index is -0.499. The number of hydrogen-bond acceptors (Lipinski definition) is 3. The standard InChI is InChI=1S/C27H22BrFN2O2S/c1-2-25(27(33)31-24-13-12-20(28)15-23(24)29)34-22-9-5-8-21(16-22)30-26(32)19-11-10-17-6-3-4-7-18(17)14-19/h3-16,25H,2H2,1H3,(H,30,32)(H,31,33). The van der Waals surface area contributed by atoms with Crippen LogP contribution in [0, 0.1) is 5.82 Å². The molecule has 0 aliphatic rings. The second kappa shape index (κ2) is 10.8. The first-order chi connectivity index (χ1) is 16.4. The van der Waals surface area contributed by atoms with E-state index in [2.05, 4.69) is 26.6 Å². The lowest BCUT2D eigenvalue weighted by Gasteiger charge is -2.16. The maximum absolute atomic E-state index is 14.1. The highest BCUT2D eigenvalue weighted by molar-refractivity contribution is 9.10. The van der Waals surface area contributed by atoms with Crippen molar-refractivity contribution in [2.45, 2.75) is 23.5 Å². The van der Waals surface area contributed by atoms with Crippen LogP contribution in [0.3, 0.4) is 0 Å². The molecule has 1 atom stereocenters. The van der Waals surface area contributed by atoms with Gasteiger partial charge in [0, 0.05) is 20.6 Å². The molecule has 4 aromatic carbocycles. The molecule has 4 aromatic rings. The average molecular weight is 537 g/mol. The fourth-order valence-electron chi connectivity index (χ4n) is 3.47. The third kappa shape index (κ3) is 5.85. The van der Waals surface area contributed by atoms with Gasteiger partial charge in [-0.2, -0.15) is 0 Å². The maximum Gasteiger partial charge on any atom is 0.255 e. The van der Waals surface area contributed by atoms with Gasteiger partial charge in [-0.3, -0.25) is 9.59 Å². The number of hydrogen-bond donors (Lipinski definition) is 2. The molecule has 2 N–H and O–H groups in total. The predicted octanol–water partition coefficient (Wildman–Crippen LogP) is 7.50. The molecule has 7 heteroatoms. The monoisotopic (exact) mass is 536 g/mol. The van der Waals surface area contributed by atoms with Crippen LogP contribution in [0.4, 0.5) is 15.8 Å². The second-order valence-electron chi connectivity index (χ2n) is 7.67. The Labute approximate surface area is 210 Å². The Bertz CT molecular complexity index is 1360. The molecule has 0 spiro atoms. The lowest BCUT2D eigenvalue weighted by atomic mass is 10.1. The summed E-state index contributed by atoms with van der Waals surface area (Å²) in [5.41, 5.74) is 1.35. The molecule has 0 bridgehead atoms. The first kappa shape index (κ1) is 24.0. The highest BCUT2D eigenvalue weighted by Crippen LogP contribution is 2.29. The topological polar surface area (TPSA) is 58.2 Å². The SMILES string of the molecule is CCC(Sc1cccc(NC(=O)c2ccc3ccccc3c2)c1)C(=O)Nc1ccc(Br)cc1F. The number of carbonyl (C=O) groups excluding carboxylic acids is 2. The number of nitrogens with one attached hydrogen (secondary N) is 2. The predicted molar refractivity (Wildman–Crippen MR) is 141 cm³/mol. The zero-order valence-corrected chi connectivity index (χ0v) is 20.8. The van der Waals surface area contributed by atoms with Gasteiger partial charge in [-0.1, -0.05) is 59.3 Å². The van der Waals surface area contributed by atoms with E-state index >= 15 is 0 Å². The highest BCUT2D eigenvalue weighted by atomic mass is 79.9. The minimum Gasteiger partial charge on any atom is -0.323 e. The molecule has 34 heavy (non-hydrogen) atoms. The van der Waals surface area contributed by atoms with Gasteiger partial charge in [0.2, 0.25) is 5.91 Å². The highest BCUT2D eigenvalue weighted by Gasteiger charge is 2.20. The number of carbonyl (C=O) groups is 2. The second-order valence-corrected chi connectivity index (χ2v) is 9.86. The zero-order valence-electron chi connectivity index (χ0n) is 18.3. The molecule has 4 rings (SSSR count). The number of halogens is 2. The molecule has 2 amide bonds. The number of fused-ring (bicyclic) bond motifs is 1. The van der Waals surface area contributed by atoms with Gasteiger partial charge >= 0.3 is 0 Å². The number of amides is 2. The quantitative estimate of drug-likeness (QED) is 0.240. The Morgan fingerprint density at radius 1 is 0.912 bits per heavy atom. The molecule has 0 fully saturated rings. The van der Waals surface area contributed by atoms with E-state index in [0.717, 1.165) is 15.7 Å². The third-order valence-electron chi connectivity index (χ3n) is 5.23. The summed E-state index contributed by atoms with van der Waals surface area (Å²) < 4.78 is 14.7. The molecule has 1 unspecified atom stereocenters. The lowest BCUT2D eigenvalue weighted by Crippen LogP contribution is -2.25. The van der Waals surface area contributed by atoms with Crippen molar-refractivity contribution < 1.29 is 14.0 Å². The number of rotatable bonds is 7. The van der Waals surface area contributed by atoms with Crippen LogP contribution < -0.4 is 10.6 Å². The molecule has 0 aliphatic carbocycles. The summed E-state index contributed by atoms with van der Waals surface area (Å²) in [7, 11) is 0. The van der Waals surface area contributed by atoms with E-state index < -0.39 is 11.1 Å². The largest absolute Gasteiger partial charge is 0.323 e. The van der Waals surface area contributed by atoms with Crippen LogP contribution in [0.15, 0.2) is 94.3 Å². The Hall–Kier alpha value is -3.16. The molecule has 0 saturated carbocycles. The van der Waals surface area contributed by atoms with Gasteiger partial charge in [-0.15, -0.1) is 11.8 Å². The Morgan fingerprint density at radius 2 is 1.71 bits per heavy atom. The van der Waals surface area contributed by atoms with Crippen molar-refractivity contribution in [1.82, 2.24) is 0 Å². The molecule has 0 radical (unpaired) electrons. The first-order valence-corrected chi connectivity index (χ1v) is 12.4. The fraction of sp³-hybridized carbons (Fsp3) is 0.111. The van der Waals surface area contributed by atoms with Gasteiger partial charge in [-0.05, 0) is 65.7 Å². The molecule has 0 heterocycles. The van der Waals surface area contributed by atoms with Crippen molar-refractivity contribution in [2.75, 3.05) is 10.6 Å². The summed E-state index contributed by atoms with van der Waals surface area (Å²) in [6, 6.07) is 25.3. The van der Waals surface area contributed by atoms with Crippen molar-refractivity contribution in [3.05, 3.63) is 101 Å². The van der Waals surface area contributed by atoms with Gasteiger partial charge in [0.25, 0.3) is 5.91 Å². The van der Waals surface area contributed by atoms with Gasteiger partial charge in [0.05, 0.1) is 10.9 Å². The normalized spacial score (nSPS) is 11.7. The van der Waals surface area contributed by atoms with Crippen molar-refractivity contribution in [1.29, 1.82) is 0 Å². The van der Waals surface area contributed by atoms with E-state index in [-0.39, 0.29) is 17.5 Å². The van der Waals surface area contributed by atoms with E-state index in [1.54, 1.807) is 18.2 Å². The van der Waals surface area contributed by atoms with Crippen molar-refractivity contribution in [3.8, 4) is 0 Å². The van der Waals surface area contributed by atoms with Gasteiger partial charge < -0.3 is 10.6 Å². The summed E-state index contributed by atoms with van der Waals surface area (Å²) >= 11 is 4.58. The third-order valence-corrected chi connectivity index (χ3v) is 7.09. The van der Waals surface area contributed by atoms with Crippen molar-refractivity contribution in [2.24, 2.45) is 0 Å². The van der Waals surface area contributed by atoms with E-state index in [1.807, 2.05) is 61.5 Å². The Morgan fingerprint density at radius 3 is 2.47 bits per heavy atom. The van der Waals surface area contributed by atoms with Crippen LogP contribution in [0.5, 0.6) is 0 Å². The fourth-order valence-corrected chi connectivity index (χ4v) is 4.82. The number of anilines is 2. The Kier molecular flexibility index (Phi) is 7.65. The van der Waals surface area contributed by atoms with E-state index in [4.69, 9.17) is 0 Å². The van der Waals surface area contributed by atoms with E-state index in [0.29, 0.717) is 22.1 Å². The smallest absolute Gasteiger partial charge is 0.255 e. The van der Waals surface area contributed by atoms with Crippen LogP contribution >= 0.6 is 27.7 Å². The van der Waals surface area contributed by atoms with Crippen LogP contribution in [0.25, 0.3) is 10.8 Å². The van der Waals surface area contributed by atoms with Gasteiger partial charge in [0.15, 0.2) is 0 Å². The maximum atomic E-state index is 14.1. The van der Waals surface area contributed by atoms with Crippen LogP contribution in [-0.2, 0) is 4.79 Å². The zero-order chi connectivity index (χ0) is 24.1. The van der Waals surface area contributed by atoms with Crippen molar-refractivity contribution in [3.63, 3.8) is 0 Å². The van der Waals surface area contributed by atoms with Gasteiger partial charge in [0.1, 0.15) is 5.82 Å². The molecule has 0 aliphatic heterocycles. The molecular weight excluding hydrogens is 515 g/mol. The Balaban J connectivity index is 1.44. The molecule has 0 saturated heterocycles. The number of thioether (sulfide) groups is 1. The molecule has 172 valence electrons. The van der Waals surface area contributed by atoms with Crippen LogP contribution in [0.1, 0.15) is 23.7 Å². The van der Waals surface area contributed by atoms with E-state index in [9.17, 15) is 14.0 Å². The number of benzene rings is 4. The summed E-state index contributed by atoms with van der Waals surface area (Å²) in [6.45, 7) is 1.90. The summed E-state index contributed by atoms with van der Waals surface area (Å²) in [4.78, 5) is 26.4. The van der Waals surface area contributed by atoms with Gasteiger partial charge in [-0.25, -0.2) is 4.39 Å². The molecule has 4 nitrogen and oxygen atoms in total. The lowest BCUT2D eigenvalue weighted by molar-refractivity contribution is -0.115. The summed E-state index contributed by atoms with van der Waals surface area (Å²) in [5.74, 6) is -0.983. The summed E-state index contributed by atoms with van der Waals surface area (Å²) in [5, 5.41) is 7.25. The van der Waals surface area contributed by atoms with Crippen LogP contribution in [-0.4, -0.2) is 17.1 Å². The molecular formula is C27H22BrFN2O2S. The molecule has 0 aromatic heterocycles. The minimum absolute atomic E-state index is 0.142. The van der Waals surface area contributed by atoms with E-state index in [1.165, 1.54) is 23.9 Å². The summed E-state index contributed by atoms with van der Waals surface area (Å²) in [6.07, 6.45) is 0.558. The average Bonchev–Trinajstić information content (AvgIpc) is 2.84. The van der Waals surface area contributed by atoms with Crippen molar-refractivity contribution >= 4 is 61.7 Å². The van der Waals surface area contributed by atoms with Crippen LogP contribution in [0.2, 0.25) is 0 Å².